The van der Waals surface area contributed by atoms with Gasteiger partial charge >= 0.3 is 0 Å². The third-order valence-corrected chi connectivity index (χ3v) is 3.47. The van der Waals surface area contributed by atoms with Crippen LogP contribution in [-0.2, 0) is 4.74 Å². The second-order valence-electron chi connectivity index (χ2n) is 4.53. The number of likely N-dealkylation sites (N-methyl/N-ethyl adjacent to an activating group) is 1. The molecule has 0 aromatic heterocycles. The summed E-state index contributed by atoms with van der Waals surface area (Å²) in [5, 5.41) is 3.05. The highest BCUT2D eigenvalue weighted by Gasteiger charge is 2.25. The standard InChI is InChI=1S/C13H16BrF2NO2/c1-17-6-9-2-3-10(19-9)7-18-12-5-8(14)4-11(15)13(12)16/h4-5,9-10,17H,2-3,6-7H2,1H3. The molecule has 1 heterocycles. The molecule has 19 heavy (non-hydrogen) atoms. The fourth-order valence-corrected chi connectivity index (χ4v) is 2.51. The van der Waals surface area contributed by atoms with Gasteiger partial charge in [0.1, 0.15) is 6.61 Å². The maximum Gasteiger partial charge on any atom is 0.200 e. The van der Waals surface area contributed by atoms with Gasteiger partial charge in [-0.25, -0.2) is 4.39 Å². The lowest BCUT2D eigenvalue weighted by molar-refractivity contribution is 0.0184. The van der Waals surface area contributed by atoms with E-state index in [0.29, 0.717) is 4.47 Å². The highest BCUT2D eigenvalue weighted by molar-refractivity contribution is 9.10. The van der Waals surface area contributed by atoms with Crippen molar-refractivity contribution in [2.24, 2.45) is 0 Å². The number of hydrogen-bond donors (Lipinski definition) is 1. The second kappa shape index (κ2) is 6.63. The van der Waals surface area contributed by atoms with Crippen LogP contribution in [-0.4, -0.2) is 32.4 Å². The smallest absolute Gasteiger partial charge is 0.200 e. The van der Waals surface area contributed by atoms with Crippen LogP contribution >= 0.6 is 15.9 Å². The van der Waals surface area contributed by atoms with Gasteiger partial charge in [-0.1, -0.05) is 15.9 Å². The van der Waals surface area contributed by atoms with Crippen molar-refractivity contribution in [2.75, 3.05) is 20.2 Å². The number of ether oxygens (including phenoxy) is 2. The van der Waals surface area contributed by atoms with Crippen molar-refractivity contribution in [3.63, 3.8) is 0 Å². The zero-order chi connectivity index (χ0) is 13.8. The molecule has 0 radical (unpaired) electrons. The third kappa shape index (κ3) is 3.87. The summed E-state index contributed by atoms with van der Waals surface area (Å²) in [6.45, 7) is 1.02. The molecule has 1 aromatic carbocycles. The van der Waals surface area contributed by atoms with Crippen molar-refractivity contribution in [3.05, 3.63) is 28.2 Å². The molecule has 0 saturated carbocycles. The molecular formula is C13H16BrF2NO2. The van der Waals surface area contributed by atoms with E-state index in [0.717, 1.165) is 25.5 Å². The Morgan fingerprint density at radius 2 is 2.11 bits per heavy atom. The zero-order valence-corrected chi connectivity index (χ0v) is 12.2. The van der Waals surface area contributed by atoms with Crippen molar-refractivity contribution in [1.82, 2.24) is 5.32 Å². The summed E-state index contributed by atoms with van der Waals surface area (Å²) in [5.74, 6) is -1.98. The Hall–Kier alpha value is -0.720. The molecule has 0 spiro atoms. The van der Waals surface area contributed by atoms with Crippen LogP contribution in [0, 0.1) is 11.6 Å². The van der Waals surface area contributed by atoms with Gasteiger partial charge in [0.05, 0.1) is 12.2 Å². The van der Waals surface area contributed by atoms with Crippen molar-refractivity contribution in [3.8, 4) is 5.75 Å². The van der Waals surface area contributed by atoms with Gasteiger partial charge in [-0.2, -0.15) is 4.39 Å². The summed E-state index contributed by atoms with van der Waals surface area (Å²) in [6, 6.07) is 2.48. The van der Waals surface area contributed by atoms with Crippen molar-refractivity contribution >= 4 is 15.9 Å². The van der Waals surface area contributed by atoms with Crippen LogP contribution in [0.3, 0.4) is 0 Å². The number of rotatable bonds is 5. The summed E-state index contributed by atoms with van der Waals surface area (Å²) in [4.78, 5) is 0. The minimum atomic E-state index is -0.965. The lowest BCUT2D eigenvalue weighted by atomic mass is 10.2. The summed E-state index contributed by atoms with van der Waals surface area (Å²) in [5.41, 5.74) is 0. The fraction of sp³-hybridized carbons (Fsp3) is 0.538. The molecule has 0 bridgehead atoms. The van der Waals surface area contributed by atoms with Gasteiger partial charge in [0.15, 0.2) is 11.6 Å². The molecule has 1 saturated heterocycles. The molecule has 3 nitrogen and oxygen atoms in total. The minimum Gasteiger partial charge on any atom is -0.488 e. The molecule has 2 atom stereocenters. The fourth-order valence-electron chi connectivity index (χ4n) is 2.10. The van der Waals surface area contributed by atoms with Crippen molar-refractivity contribution in [1.29, 1.82) is 0 Å². The average Bonchev–Trinajstić information content (AvgIpc) is 2.80. The number of halogens is 3. The van der Waals surface area contributed by atoms with E-state index in [1.807, 2.05) is 7.05 Å². The van der Waals surface area contributed by atoms with E-state index in [2.05, 4.69) is 21.2 Å². The van der Waals surface area contributed by atoms with Gasteiger partial charge in [0.2, 0.25) is 5.82 Å². The molecule has 2 rings (SSSR count). The Bertz CT molecular complexity index is 445. The van der Waals surface area contributed by atoms with Crippen molar-refractivity contribution < 1.29 is 18.3 Å². The van der Waals surface area contributed by atoms with Crippen LogP contribution < -0.4 is 10.1 Å². The highest BCUT2D eigenvalue weighted by Crippen LogP contribution is 2.27. The predicted octanol–water partition coefficient (Wildman–Crippen LogP) is 2.87. The van der Waals surface area contributed by atoms with Gasteiger partial charge in [-0.3, -0.25) is 0 Å². The topological polar surface area (TPSA) is 30.5 Å². The molecule has 1 fully saturated rings. The predicted molar refractivity (Wildman–Crippen MR) is 71.4 cm³/mol. The van der Waals surface area contributed by atoms with E-state index in [-0.39, 0.29) is 24.6 Å². The monoisotopic (exact) mass is 335 g/mol. The van der Waals surface area contributed by atoms with Crippen LogP contribution in [0.4, 0.5) is 8.78 Å². The molecule has 2 unspecified atom stereocenters. The lowest BCUT2D eigenvalue weighted by Crippen LogP contribution is -2.26. The normalized spacial score (nSPS) is 22.7. The van der Waals surface area contributed by atoms with E-state index in [1.165, 1.54) is 6.07 Å². The Labute approximate surface area is 119 Å². The molecule has 0 aliphatic carbocycles. The van der Waals surface area contributed by atoms with E-state index in [9.17, 15) is 8.78 Å². The van der Waals surface area contributed by atoms with E-state index >= 15 is 0 Å². The maximum absolute atomic E-state index is 13.5. The summed E-state index contributed by atoms with van der Waals surface area (Å²) in [7, 11) is 1.87. The molecule has 106 valence electrons. The summed E-state index contributed by atoms with van der Waals surface area (Å²) in [6.07, 6.45) is 1.91. The third-order valence-electron chi connectivity index (χ3n) is 3.01. The van der Waals surface area contributed by atoms with E-state index < -0.39 is 11.6 Å². The minimum absolute atomic E-state index is 0.0696. The number of benzene rings is 1. The van der Waals surface area contributed by atoms with Gasteiger partial charge in [-0.15, -0.1) is 0 Å². The Morgan fingerprint density at radius 1 is 1.37 bits per heavy atom. The Balaban J connectivity index is 1.89. The largest absolute Gasteiger partial charge is 0.488 e. The first kappa shape index (κ1) is 14.7. The Kier molecular flexibility index (Phi) is 5.13. The van der Waals surface area contributed by atoms with Crippen LogP contribution in [0.1, 0.15) is 12.8 Å². The van der Waals surface area contributed by atoms with Gasteiger partial charge in [-0.05, 0) is 32.0 Å². The zero-order valence-electron chi connectivity index (χ0n) is 10.6. The molecule has 0 amide bonds. The quantitative estimate of drug-likeness (QED) is 0.839. The highest BCUT2D eigenvalue weighted by atomic mass is 79.9. The van der Waals surface area contributed by atoms with Crippen molar-refractivity contribution in [2.45, 2.75) is 25.0 Å². The second-order valence-corrected chi connectivity index (χ2v) is 5.44. The number of hydrogen-bond acceptors (Lipinski definition) is 3. The van der Waals surface area contributed by atoms with Gasteiger partial charge < -0.3 is 14.8 Å². The Morgan fingerprint density at radius 3 is 2.84 bits per heavy atom. The van der Waals surface area contributed by atoms with E-state index in [4.69, 9.17) is 9.47 Å². The van der Waals surface area contributed by atoms with Crippen LogP contribution in [0.25, 0.3) is 0 Å². The molecule has 1 aliphatic rings. The van der Waals surface area contributed by atoms with E-state index in [1.54, 1.807) is 0 Å². The first-order chi connectivity index (χ1) is 9.10. The summed E-state index contributed by atoms with van der Waals surface area (Å²) < 4.78 is 38.1. The van der Waals surface area contributed by atoms with Gasteiger partial charge in [0, 0.05) is 11.0 Å². The molecule has 1 aromatic rings. The molecule has 1 aliphatic heterocycles. The molecule has 1 N–H and O–H groups in total. The first-order valence-corrected chi connectivity index (χ1v) is 6.97. The first-order valence-electron chi connectivity index (χ1n) is 6.17. The maximum atomic E-state index is 13.5. The SMILES string of the molecule is CNCC1CCC(COc2cc(Br)cc(F)c2F)O1. The van der Waals surface area contributed by atoms with Crippen LogP contribution in [0.15, 0.2) is 16.6 Å². The average molecular weight is 336 g/mol. The lowest BCUT2D eigenvalue weighted by Gasteiger charge is -2.15. The molecular weight excluding hydrogens is 320 g/mol. The van der Waals surface area contributed by atoms with Crippen LogP contribution in [0.5, 0.6) is 5.75 Å². The van der Waals surface area contributed by atoms with Gasteiger partial charge in [0.25, 0.3) is 0 Å². The number of nitrogens with one attached hydrogen (secondary N) is 1. The van der Waals surface area contributed by atoms with Crippen LogP contribution in [0.2, 0.25) is 0 Å². The molecule has 6 heteroatoms. The summed E-state index contributed by atoms with van der Waals surface area (Å²) >= 11 is 3.10.